The molecule has 0 amide bonds. The van der Waals surface area contributed by atoms with Gasteiger partial charge in [0.05, 0.1) is 90.3 Å². The highest BCUT2D eigenvalue weighted by atomic mass is 16.7. The van der Waals surface area contributed by atoms with Gasteiger partial charge in [0.2, 0.25) is 0 Å². The Morgan fingerprint density at radius 3 is 1.60 bits per heavy atom. The molecule has 0 aromatic heterocycles. The Balaban J connectivity index is 1.35. The number of hydrogen-bond acceptors (Lipinski definition) is 11. The molecular weight excluding hydrogens is 524 g/mol. The van der Waals surface area contributed by atoms with Gasteiger partial charge in [0.15, 0.2) is 12.6 Å². The van der Waals surface area contributed by atoms with Crippen molar-refractivity contribution in [2.24, 2.45) is 17.3 Å². The molecule has 4 bridgehead atoms. The second kappa shape index (κ2) is 17.9. The fourth-order valence-corrected chi connectivity index (χ4v) is 6.73. The Hall–Kier alpha value is -0.890. The van der Waals surface area contributed by atoms with E-state index >= 15 is 0 Å². The van der Waals surface area contributed by atoms with Crippen LogP contribution in [0.2, 0.25) is 0 Å². The van der Waals surface area contributed by atoms with E-state index < -0.39 is 11.7 Å². The first-order valence-electron chi connectivity index (χ1n) is 14.8. The van der Waals surface area contributed by atoms with Crippen molar-refractivity contribution in [3.63, 3.8) is 0 Å². The fourth-order valence-electron chi connectivity index (χ4n) is 6.73. The number of carbonyl (C=O) groups is 1. The van der Waals surface area contributed by atoms with E-state index in [9.17, 15) is 4.79 Å². The molecule has 234 valence electrons. The molecule has 40 heavy (non-hydrogen) atoms. The first-order chi connectivity index (χ1) is 19.4. The predicted octanol–water partition coefficient (Wildman–Crippen LogP) is 2.97. The lowest BCUT2D eigenvalue weighted by atomic mass is 9.48. The summed E-state index contributed by atoms with van der Waals surface area (Å²) >= 11 is 0. The van der Waals surface area contributed by atoms with Crippen LogP contribution in [0.15, 0.2) is 0 Å². The van der Waals surface area contributed by atoms with E-state index in [1.54, 1.807) is 21.1 Å². The minimum atomic E-state index is -0.633. The van der Waals surface area contributed by atoms with E-state index in [-0.39, 0.29) is 17.9 Å². The third-order valence-electron chi connectivity index (χ3n) is 7.90. The van der Waals surface area contributed by atoms with E-state index in [0.29, 0.717) is 97.5 Å². The summed E-state index contributed by atoms with van der Waals surface area (Å²) in [5.74, 6) is 0.778. The third kappa shape index (κ3) is 11.1. The second-order valence-corrected chi connectivity index (χ2v) is 11.3. The van der Waals surface area contributed by atoms with Crippen LogP contribution in [0, 0.1) is 17.3 Å². The summed E-state index contributed by atoms with van der Waals surface area (Å²) in [5, 5.41) is 0. The SMILES string of the molecule is COCCOCCOCCOC(C)OC(=O)C12CC3CC(CC(OC(C)OCCOCCOCCOC)(C3)C1)C2. The molecule has 4 atom stereocenters. The molecule has 0 aromatic rings. The maximum Gasteiger partial charge on any atom is 0.314 e. The van der Waals surface area contributed by atoms with E-state index in [0.717, 1.165) is 32.1 Å². The van der Waals surface area contributed by atoms with Gasteiger partial charge >= 0.3 is 5.97 Å². The summed E-state index contributed by atoms with van der Waals surface area (Å²) in [6.07, 6.45) is 4.50. The molecule has 11 nitrogen and oxygen atoms in total. The van der Waals surface area contributed by atoms with Gasteiger partial charge in [0, 0.05) is 14.2 Å². The second-order valence-electron chi connectivity index (χ2n) is 11.3. The predicted molar refractivity (Wildman–Crippen MR) is 145 cm³/mol. The molecule has 0 aromatic carbocycles. The third-order valence-corrected chi connectivity index (χ3v) is 7.90. The summed E-state index contributed by atoms with van der Waals surface area (Å²) in [6, 6.07) is 0. The summed E-state index contributed by atoms with van der Waals surface area (Å²) < 4.78 is 55.7. The van der Waals surface area contributed by atoms with E-state index in [2.05, 4.69) is 0 Å². The Bertz CT molecular complexity index is 691. The zero-order valence-electron chi connectivity index (χ0n) is 25.0. The molecule has 4 fully saturated rings. The van der Waals surface area contributed by atoms with Crippen LogP contribution >= 0.6 is 0 Å². The zero-order chi connectivity index (χ0) is 28.7. The number of ether oxygens (including phenoxy) is 10. The molecule has 4 unspecified atom stereocenters. The van der Waals surface area contributed by atoms with Crippen molar-refractivity contribution in [1.29, 1.82) is 0 Å². The molecule has 4 aliphatic rings. The number of rotatable bonds is 24. The van der Waals surface area contributed by atoms with Gasteiger partial charge < -0.3 is 47.4 Å². The first kappa shape index (κ1) is 33.6. The van der Waals surface area contributed by atoms with Crippen LogP contribution in [-0.4, -0.2) is 118 Å². The van der Waals surface area contributed by atoms with Crippen molar-refractivity contribution >= 4 is 5.97 Å². The van der Waals surface area contributed by atoms with E-state index in [1.807, 2.05) is 6.92 Å². The number of carbonyl (C=O) groups excluding carboxylic acids is 1. The topological polar surface area (TPSA) is 109 Å². The van der Waals surface area contributed by atoms with E-state index in [1.165, 1.54) is 0 Å². The average Bonchev–Trinajstić information content (AvgIpc) is 2.90. The van der Waals surface area contributed by atoms with Gasteiger partial charge in [-0.2, -0.15) is 0 Å². The summed E-state index contributed by atoms with van der Waals surface area (Å²) in [5.41, 5.74) is -0.856. The highest BCUT2D eigenvalue weighted by molar-refractivity contribution is 5.78. The largest absolute Gasteiger partial charge is 0.436 e. The standard InChI is InChI=1S/C29H52O11/c1-23(37-15-13-35-11-9-33-7-5-31-3)39-27(30)28-18-25-17-26(19-28)21-29(20-25,22-28)40-24(2)38-16-14-36-12-10-34-8-6-32-4/h23-26H,5-22H2,1-4H3. The van der Waals surface area contributed by atoms with Gasteiger partial charge in [0.25, 0.3) is 0 Å². The van der Waals surface area contributed by atoms with Gasteiger partial charge in [-0.25, -0.2) is 0 Å². The molecule has 4 saturated carbocycles. The minimum absolute atomic E-state index is 0.163. The van der Waals surface area contributed by atoms with Crippen LogP contribution in [0.3, 0.4) is 0 Å². The average molecular weight is 577 g/mol. The first-order valence-corrected chi connectivity index (χ1v) is 14.8. The molecule has 0 N–H and O–H groups in total. The van der Waals surface area contributed by atoms with Crippen molar-refractivity contribution < 1.29 is 52.2 Å². The highest BCUT2D eigenvalue weighted by Crippen LogP contribution is 2.63. The number of esters is 1. The van der Waals surface area contributed by atoms with Crippen LogP contribution in [0.1, 0.15) is 52.4 Å². The highest BCUT2D eigenvalue weighted by Gasteiger charge is 2.62. The van der Waals surface area contributed by atoms with Gasteiger partial charge in [-0.05, 0) is 64.2 Å². The molecule has 0 heterocycles. The maximum atomic E-state index is 13.5. The summed E-state index contributed by atoms with van der Waals surface area (Å²) in [6.45, 7) is 9.65. The van der Waals surface area contributed by atoms with Crippen LogP contribution in [0.5, 0.6) is 0 Å². The smallest absolute Gasteiger partial charge is 0.314 e. The van der Waals surface area contributed by atoms with Crippen molar-refractivity contribution in [2.75, 3.05) is 93.5 Å². The van der Waals surface area contributed by atoms with Crippen molar-refractivity contribution in [2.45, 2.75) is 70.6 Å². The van der Waals surface area contributed by atoms with Crippen LogP contribution in [-0.2, 0) is 52.2 Å². The number of methoxy groups -OCH3 is 2. The summed E-state index contributed by atoms with van der Waals surface area (Å²) in [4.78, 5) is 13.5. The zero-order valence-corrected chi connectivity index (χ0v) is 25.0. The van der Waals surface area contributed by atoms with Crippen molar-refractivity contribution in [1.82, 2.24) is 0 Å². The summed E-state index contributed by atoms with van der Waals surface area (Å²) in [7, 11) is 3.29. The van der Waals surface area contributed by atoms with Crippen LogP contribution in [0.25, 0.3) is 0 Å². The van der Waals surface area contributed by atoms with Crippen LogP contribution in [0.4, 0.5) is 0 Å². The lowest BCUT2D eigenvalue weighted by Gasteiger charge is -2.60. The van der Waals surface area contributed by atoms with Crippen LogP contribution < -0.4 is 0 Å². The molecule has 0 spiro atoms. The Morgan fingerprint density at radius 2 is 1.10 bits per heavy atom. The van der Waals surface area contributed by atoms with Crippen molar-refractivity contribution in [3.8, 4) is 0 Å². The Morgan fingerprint density at radius 1 is 0.650 bits per heavy atom. The molecule has 4 aliphatic carbocycles. The molecule has 0 aliphatic heterocycles. The Labute approximate surface area is 239 Å². The van der Waals surface area contributed by atoms with Gasteiger partial charge in [-0.15, -0.1) is 0 Å². The number of hydrogen-bond donors (Lipinski definition) is 0. The molecule has 0 saturated heterocycles. The van der Waals surface area contributed by atoms with Gasteiger partial charge in [-0.3, -0.25) is 4.79 Å². The molecular formula is C29H52O11. The van der Waals surface area contributed by atoms with E-state index in [4.69, 9.17) is 47.4 Å². The van der Waals surface area contributed by atoms with Gasteiger partial charge in [0.1, 0.15) is 0 Å². The molecule has 4 rings (SSSR count). The molecule has 0 radical (unpaired) electrons. The molecule has 11 heteroatoms. The normalized spacial score (nSPS) is 28.6. The van der Waals surface area contributed by atoms with Gasteiger partial charge in [-0.1, -0.05) is 0 Å². The lowest BCUT2D eigenvalue weighted by molar-refractivity contribution is -0.270. The lowest BCUT2D eigenvalue weighted by Crippen LogP contribution is -2.60. The monoisotopic (exact) mass is 576 g/mol. The van der Waals surface area contributed by atoms with Crippen molar-refractivity contribution in [3.05, 3.63) is 0 Å². The maximum absolute atomic E-state index is 13.5. The fraction of sp³-hybridized carbons (Fsp3) is 0.966. The Kier molecular flexibility index (Phi) is 15.1. The quantitative estimate of drug-likeness (QED) is 0.0961. The minimum Gasteiger partial charge on any atom is -0.436 e.